The molecule has 7 nitrogen and oxygen atoms in total. The summed E-state index contributed by atoms with van der Waals surface area (Å²) >= 11 is 0. The normalized spacial score (nSPS) is 19.6. The zero-order valence-electron chi connectivity index (χ0n) is 33.3. The van der Waals surface area contributed by atoms with Gasteiger partial charge in [0.15, 0.2) is 17.3 Å². The summed E-state index contributed by atoms with van der Waals surface area (Å²) in [5.74, 6) is -1.06. The number of carbonyl (C=O) groups is 2. The molecule has 0 atom stereocenters. The summed E-state index contributed by atoms with van der Waals surface area (Å²) in [7, 11) is 0. The van der Waals surface area contributed by atoms with Gasteiger partial charge in [0.1, 0.15) is 6.54 Å². The number of aliphatic imine (C=N–C) groups is 1. The summed E-state index contributed by atoms with van der Waals surface area (Å²) < 4.78 is 2.26. The van der Waals surface area contributed by atoms with Crippen molar-refractivity contribution in [3.63, 3.8) is 0 Å². The first-order chi connectivity index (χ1) is 26.3. The molecule has 0 bridgehead atoms. The maximum atomic E-state index is 13.8. The van der Waals surface area contributed by atoms with Crippen LogP contribution in [0.4, 0.5) is 17.1 Å². The number of anilines is 1. The lowest BCUT2D eigenvalue weighted by Gasteiger charge is -2.32. The minimum absolute atomic E-state index is 0.127. The number of Topliss-reactive ketones (excluding diaryl/α,β-unsaturated/α-hetero) is 2. The van der Waals surface area contributed by atoms with E-state index in [0.717, 1.165) is 80.8 Å². The molecule has 55 heavy (non-hydrogen) atoms. The minimum Gasteiger partial charge on any atom is -0.871 e. The fourth-order valence-electron chi connectivity index (χ4n) is 8.36. The molecule has 284 valence electrons. The molecule has 3 aromatic carbocycles. The Kier molecular flexibility index (Phi) is 10.2. The number of unbranched alkanes of at least 4 members (excludes halogenated alkanes) is 3. The molecule has 2 heterocycles. The number of hydrogen-bond donors (Lipinski definition) is 0. The Morgan fingerprint density at radius 1 is 0.691 bits per heavy atom. The highest BCUT2D eigenvalue weighted by Gasteiger charge is 2.45. The molecule has 0 unspecified atom stereocenters. The summed E-state index contributed by atoms with van der Waals surface area (Å²) in [6, 6.07) is 21.6. The van der Waals surface area contributed by atoms with Gasteiger partial charge in [0.05, 0.1) is 16.8 Å². The maximum absolute atomic E-state index is 13.8. The molecular weight excluding hydrogens is 683 g/mol. The van der Waals surface area contributed by atoms with Crippen LogP contribution in [0.5, 0.6) is 0 Å². The molecule has 0 N–H and O–H groups in total. The monoisotopic (exact) mass is 734 g/mol. The third-order valence-corrected chi connectivity index (χ3v) is 11.9. The van der Waals surface area contributed by atoms with Crippen molar-refractivity contribution in [1.82, 2.24) is 0 Å². The van der Waals surface area contributed by atoms with Crippen molar-refractivity contribution in [3.05, 3.63) is 124 Å². The number of ketones is 2. The summed E-state index contributed by atoms with van der Waals surface area (Å²) in [4.78, 5) is 34.4. The molecule has 7 heteroatoms. The van der Waals surface area contributed by atoms with E-state index < -0.39 is 5.41 Å². The van der Waals surface area contributed by atoms with E-state index in [4.69, 9.17) is 4.99 Å². The average molecular weight is 735 g/mol. The Labute approximate surface area is 325 Å². The Morgan fingerprint density at radius 2 is 1.27 bits per heavy atom. The third-order valence-electron chi connectivity index (χ3n) is 11.9. The smallest absolute Gasteiger partial charge is 0.209 e. The molecule has 0 saturated heterocycles. The predicted molar refractivity (Wildman–Crippen MR) is 219 cm³/mol. The standard InChI is InChI=1S/C48H53N3O4/c1-8-11-24-50(25-12-9-2)32-21-18-30(19-22-32)41-43(52)33(44(41)53)28-39-47(4,5)36-27-31(20-23-37(36)49-39)42-45(54)34(46(42)55)29-40-48(6,7)35-16-14-15-17-38(35)51(40)26-13-10-3/h14-23,27-29H,8-13,24-26H2,1-7H3,(H-,52,53,54,55)/p-1. The first kappa shape index (κ1) is 38.0. The van der Waals surface area contributed by atoms with Crippen LogP contribution >= 0.6 is 0 Å². The van der Waals surface area contributed by atoms with E-state index in [1.165, 1.54) is 5.56 Å². The van der Waals surface area contributed by atoms with Crippen molar-refractivity contribution in [1.29, 1.82) is 0 Å². The first-order valence-corrected chi connectivity index (χ1v) is 20.0. The maximum Gasteiger partial charge on any atom is 0.209 e. The van der Waals surface area contributed by atoms with Crippen LogP contribution in [0.1, 0.15) is 109 Å². The van der Waals surface area contributed by atoms with E-state index in [9.17, 15) is 19.8 Å². The Bertz CT molecular complexity index is 2270. The van der Waals surface area contributed by atoms with Crippen LogP contribution in [-0.2, 0) is 20.4 Å². The molecule has 0 saturated carbocycles. The molecule has 0 spiro atoms. The number of fused-ring (bicyclic) bond motifs is 2. The fraction of sp³-hybridized carbons (Fsp3) is 0.375. The van der Waals surface area contributed by atoms with Crippen molar-refractivity contribution < 1.29 is 24.4 Å². The van der Waals surface area contributed by atoms with Crippen LogP contribution in [-0.4, -0.2) is 47.2 Å². The van der Waals surface area contributed by atoms with E-state index in [-0.39, 0.29) is 50.8 Å². The molecule has 0 amide bonds. The molecule has 0 aromatic heterocycles. The second-order valence-electron chi connectivity index (χ2n) is 16.3. The number of nitrogens with zero attached hydrogens (tertiary/aromatic N) is 3. The minimum atomic E-state index is -0.666. The number of allylic oxidation sites excluding steroid dienone is 6. The van der Waals surface area contributed by atoms with E-state index >= 15 is 0 Å². The second kappa shape index (κ2) is 14.7. The lowest BCUT2D eigenvalue weighted by atomic mass is 9.75. The zero-order chi connectivity index (χ0) is 39.2. The van der Waals surface area contributed by atoms with Crippen molar-refractivity contribution >= 4 is 51.2 Å². The van der Waals surface area contributed by atoms with Gasteiger partial charge in [-0.2, -0.15) is 4.58 Å². The van der Waals surface area contributed by atoms with Gasteiger partial charge < -0.3 is 15.1 Å². The average Bonchev–Trinajstić information content (AvgIpc) is 3.56. The highest BCUT2D eigenvalue weighted by atomic mass is 16.3. The molecule has 0 radical (unpaired) electrons. The largest absolute Gasteiger partial charge is 0.871 e. The molecule has 2 aliphatic carbocycles. The Balaban J connectivity index is 1.13. The van der Waals surface area contributed by atoms with Crippen LogP contribution in [0.25, 0.3) is 11.1 Å². The third kappa shape index (κ3) is 6.41. The van der Waals surface area contributed by atoms with Gasteiger partial charge in [0, 0.05) is 70.6 Å². The fourth-order valence-corrected chi connectivity index (χ4v) is 8.36. The summed E-state index contributed by atoms with van der Waals surface area (Å²) in [5, 5.41) is 27.2. The molecular formula is C48H52N3O4-. The van der Waals surface area contributed by atoms with Crippen molar-refractivity contribution in [2.24, 2.45) is 4.99 Å². The lowest BCUT2D eigenvalue weighted by molar-refractivity contribution is -0.438. The van der Waals surface area contributed by atoms with Gasteiger partial charge in [-0.1, -0.05) is 102 Å². The van der Waals surface area contributed by atoms with E-state index in [0.29, 0.717) is 22.5 Å². The SMILES string of the molecule is CCCCN(CCCC)c1ccc(C2=C([O-])C(=CC3=Nc4ccc(C5=C([O-])C(=CC6=[N+](CCCC)c7ccccc7C6(C)C)C5=O)cc4C3(C)C)C2=O)cc1. The van der Waals surface area contributed by atoms with Crippen LogP contribution < -0.4 is 15.1 Å². The Hall–Kier alpha value is -5.30. The Morgan fingerprint density at radius 3 is 1.89 bits per heavy atom. The molecule has 2 aliphatic heterocycles. The van der Waals surface area contributed by atoms with E-state index in [1.54, 1.807) is 12.1 Å². The summed E-state index contributed by atoms with van der Waals surface area (Å²) in [6.45, 7) is 17.6. The summed E-state index contributed by atoms with van der Waals surface area (Å²) in [6.07, 6.45) is 9.93. The predicted octanol–water partition coefficient (Wildman–Crippen LogP) is 8.19. The topological polar surface area (TPSA) is 98.9 Å². The van der Waals surface area contributed by atoms with Gasteiger partial charge in [-0.3, -0.25) is 14.6 Å². The van der Waals surface area contributed by atoms with E-state index in [1.807, 2.05) is 68.5 Å². The van der Waals surface area contributed by atoms with Crippen molar-refractivity contribution in [3.8, 4) is 0 Å². The van der Waals surface area contributed by atoms with Crippen molar-refractivity contribution in [2.75, 3.05) is 24.5 Å². The van der Waals surface area contributed by atoms with Gasteiger partial charge in [-0.25, -0.2) is 0 Å². The highest BCUT2D eigenvalue weighted by Crippen LogP contribution is 2.46. The van der Waals surface area contributed by atoms with Gasteiger partial charge in [-0.15, -0.1) is 0 Å². The van der Waals surface area contributed by atoms with Gasteiger partial charge in [0.2, 0.25) is 5.69 Å². The molecule has 3 aromatic rings. The van der Waals surface area contributed by atoms with Gasteiger partial charge >= 0.3 is 0 Å². The van der Waals surface area contributed by atoms with Crippen LogP contribution in [0, 0.1) is 0 Å². The quantitative estimate of drug-likeness (QED) is 0.123. The number of para-hydroxylation sites is 1. The number of hydrogen-bond acceptors (Lipinski definition) is 6. The lowest BCUT2D eigenvalue weighted by Crippen LogP contribution is -2.34. The molecule has 7 rings (SSSR count). The van der Waals surface area contributed by atoms with Crippen LogP contribution in [0.3, 0.4) is 0 Å². The number of carbonyl (C=O) groups excluding carboxylic acids is 2. The first-order valence-electron chi connectivity index (χ1n) is 20.0. The van der Waals surface area contributed by atoms with Gasteiger partial charge in [-0.05, 0) is 73.7 Å². The molecule has 4 aliphatic rings. The van der Waals surface area contributed by atoms with Crippen LogP contribution in [0.2, 0.25) is 0 Å². The highest BCUT2D eigenvalue weighted by molar-refractivity contribution is 6.41. The van der Waals surface area contributed by atoms with Gasteiger partial charge in [0.25, 0.3) is 0 Å². The van der Waals surface area contributed by atoms with Crippen molar-refractivity contribution in [2.45, 2.75) is 97.8 Å². The number of benzene rings is 3. The second-order valence-corrected chi connectivity index (χ2v) is 16.3. The zero-order valence-corrected chi connectivity index (χ0v) is 33.3. The molecule has 0 fully saturated rings. The van der Waals surface area contributed by atoms with Crippen LogP contribution in [0.15, 0.2) is 107 Å². The number of rotatable bonds is 14. The summed E-state index contributed by atoms with van der Waals surface area (Å²) in [5.41, 5.74) is 7.41. The van der Waals surface area contributed by atoms with E-state index in [2.05, 4.69) is 56.2 Å².